The Kier molecular flexibility index (Phi) is 9.72. The van der Waals surface area contributed by atoms with E-state index in [2.05, 4.69) is 38.7 Å². The highest BCUT2D eigenvalue weighted by molar-refractivity contribution is 7.93. The molecule has 0 saturated carbocycles. The van der Waals surface area contributed by atoms with Crippen LogP contribution in [0.5, 0.6) is 0 Å². The van der Waals surface area contributed by atoms with Gasteiger partial charge in [-0.1, -0.05) is 47.5 Å². The van der Waals surface area contributed by atoms with Crippen LogP contribution in [0.25, 0.3) is 66.6 Å². The lowest BCUT2D eigenvalue weighted by atomic mass is 9.97. The average Bonchev–Trinajstić information content (AvgIpc) is 4.12. The van der Waals surface area contributed by atoms with Crippen molar-refractivity contribution in [1.82, 2.24) is 47.9 Å². The SMILES string of the molecule is Cn1ccc(-c2cc(Cl)ccc2-c2cn(NS(=O)(=O)c3ccc4c(-c5ccc(Cl)cc5-c5ccnn5C)c[nH]c4c3)c3cc(S(=O)(=O)N(c4ncns4)c4ncns4)ccc23)n1. The van der Waals surface area contributed by atoms with Crippen LogP contribution in [0.15, 0.2) is 132 Å². The molecule has 6 aromatic heterocycles. The van der Waals surface area contributed by atoms with Crippen molar-refractivity contribution in [1.29, 1.82) is 0 Å². The number of fused-ring (bicyclic) bond motifs is 2. The van der Waals surface area contributed by atoms with Crippen molar-refractivity contribution in [2.24, 2.45) is 14.1 Å². The Morgan fingerprint density at radius 3 is 2.03 bits per heavy atom. The van der Waals surface area contributed by atoms with Crippen molar-refractivity contribution in [3.05, 3.63) is 132 Å². The van der Waals surface area contributed by atoms with Gasteiger partial charge in [0.05, 0.1) is 26.7 Å². The van der Waals surface area contributed by atoms with Crippen LogP contribution < -0.4 is 9.14 Å². The maximum Gasteiger partial charge on any atom is 0.275 e. The minimum Gasteiger partial charge on any atom is -0.361 e. The molecule has 0 amide bonds. The van der Waals surface area contributed by atoms with Crippen LogP contribution in [0.2, 0.25) is 10.0 Å². The van der Waals surface area contributed by atoms with E-state index in [0.717, 1.165) is 55.1 Å². The van der Waals surface area contributed by atoms with Gasteiger partial charge in [-0.25, -0.2) is 23.2 Å². The molecule has 0 saturated heterocycles. The van der Waals surface area contributed by atoms with Crippen molar-refractivity contribution < 1.29 is 16.8 Å². The van der Waals surface area contributed by atoms with E-state index in [9.17, 15) is 16.8 Å². The molecule has 10 rings (SSSR count). The first-order valence-electron chi connectivity index (χ1n) is 18.3. The van der Waals surface area contributed by atoms with Gasteiger partial charge in [-0.2, -0.15) is 31.7 Å². The number of anilines is 2. The second kappa shape index (κ2) is 15.2. The molecule has 2 N–H and O–H groups in total. The fourth-order valence-electron chi connectivity index (χ4n) is 7.36. The molecule has 62 heavy (non-hydrogen) atoms. The van der Waals surface area contributed by atoms with Crippen LogP contribution in [0.4, 0.5) is 10.3 Å². The van der Waals surface area contributed by atoms with Gasteiger partial charge in [-0.15, -0.1) is 0 Å². The molecule has 0 fully saturated rings. The van der Waals surface area contributed by atoms with E-state index in [4.69, 9.17) is 23.2 Å². The van der Waals surface area contributed by atoms with E-state index in [1.165, 1.54) is 35.5 Å². The fraction of sp³-hybridized carbons (Fsp3) is 0.0500. The number of aromatic nitrogens is 10. The fourth-order valence-corrected chi connectivity index (χ4v) is 11.7. The Morgan fingerprint density at radius 1 is 0.710 bits per heavy atom. The molecule has 0 aliphatic heterocycles. The third kappa shape index (κ3) is 6.89. The number of nitrogens with one attached hydrogen (secondary N) is 2. The van der Waals surface area contributed by atoms with E-state index < -0.39 is 20.0 Å². The monoisotopic (exact) mass is 938 g/mol. The van der Waals surface area contributed by atoms with Gasteiger partial charge in [-0.3, -0.25) is 14.0 Å². The van der Waals surface area contributed by atoms with Gasteiger partial charge in [0.1, 0.15) is 12.7 Å². The number of H-pyrrole nitrogens is 1. The van der Waals surface area contributed by atoms with Gasteiger partial charge in [-0.05, 0) is 71.8 Å². The normalized spacial score (nSPS) is 12.1. The number of benzene rings is 4. The number of rotatable bonds is 11. The molecule has 6 heterocycles. The van der Waals surface area contributed by atoms with Crippen molar-refractivity contribution in [3.63, 3.8) is 0 Å². The first-order valence-corrected chi connectivity index (χ1v) is 23.5. The minimum absolute atomic E-state index is 0.0481. The first kappa shape index (κ1) is 39.7. The summed E-state index contributed by atoms with van der Waals surface area (Å²) in [7, 11) is -5.11. The minimum atomic E-state index is -4.42. The number of halogens is 2. The predicted octanol–water partition coefficient (Wildman–Crippen LogP) is 8.73. The van der Waals surface area contributed by atoms with Gasteiger partial charge in [0, 0.05) is 111 Å². The molecule has 22 heteroatoms. The van der Waals surface area contributed by atoms with Gasteiger partial charge in [0.25, 0.3) is 20.0 Å². The number of aromatic amines is 1. The first-order chi connectivity index (χ1) is 29.9. The second-order valence-corrected chi connectivity index (χ2v) is 19.7. The Hall–Kier alpha value is -6.42. The van der Waals surface area contributed by atoms with Crippen molar-refractivity contribution in [2.75, 3.05) is 9.14 Å². The summed E-state index contributed by atoms with van der Waals surface area (Å²) >= 11 is 14.7. The van der Waals surface area contributed by atoms with Crippen molar-refractivity contribution in [2.45, 2.75) is 9.79 Å². The lowest BCUT2D eigenvalue weighted by molar-refractivity contribution is 0.595. The zero-order valence-corrected chi connectivity index (χ0v) is 36.8. The average molecular weight is 940 g/mol. The zero-order valence-electron chi connectivity index (χ0n) is 32.0. The molecule has 0 unspecified atom stereocenters. The highest BCUT2D eigenvalue weighted by atomic mass is 35.5. The van der Waals surface area contributed by atoms with Gasteiger partial charge >= 0.3 is 0 Å². The Morgan fingerprint density at radius 2 is 1.39 bits per heavy atom. The summed E-state index contributed by atoms with van der Waals surface area (Å²) in [5, 5.41) is 11.4. The number of hydrogen-bond acceptors (Lipinski definition) is 12. The zero-order chi connectivity index (χ0) is 42.9. The number of nitrogens with zero attached hydrogens (tertiary/aromatic N) is 10. The topological polar surface area (TPSA) is 191 Å². The Balaban J connectivity index is 1.10. The molecule has 310 valence electrons. The summed E-state index contributed by atoms with van der Waals surface area (Å²) in [5.41, 5.74) is 6.76. The summed E-state index contributed by atoms with van der Waals surface area (Å²) in [6, 6.07) is 23.9. The van der Waals surface area contributed by atoms with Crippen LogP contribution in [-0.4, -0.2) is 64.8 Å². The summed E-state index contributed by atoms with van der Waals surface area (Å²) in [6.07, 6.45) is 9.42. The maximum absolute atomic E-state index is 14.5. The number of sulfonamides is 2. The van der Waals surface area contributed by atoms with E-state index in [0.29, 0.717) is 43.3 Å². The summed E-state index contributed by atoms with van der Waals surface area (Å²) in [6.45, 7) is 0. The van der Waals surface area contributed by atoms with E-state index in [1.807, 2.05) is 43.6 Å². The summed E-state index contributed by atoms with van der Waals surface area (Å²) in [4.78, 5) is 14.0. The number of aryl methyl sites for hydroxylation is 2. The van der Waals surface area contributed by atoms with Crippen LogP contribution in [0.1, 0.15) is 0 Å². The Labute approximate surface area is 371 Å². The molecule has 0 bridgehead atoms. The van der Waals surface area contributed by atoms with Crippen LogP contribution in [0.3, 0.4) is 0 Å². The molecular formula is C40H28Cl2N12O4S4. The van der Waals surface area contributed by atoms with Crippen molar-refractivity contribution >= 4 is 98.4 Å². The quantitative estimate of drug-likeness (QED) is 0.127. The predicted molar refractivity (Wildman–Crippen MR) is 241 cm³/mol. The van der Waals surface area contributed by atoms with Gasteiger partial charge in [0.15, 0.2) is 0 Å². The van der Waals surface area contributed by atoms with E-state index in [-0.39, 0.29) is 25.6 Å². The molecular weight excluding hydrogens is 912 g/mol. The highest BCUT2D eigenvalue weighted by Gasteiger charge is 2.33. The third-order valence-corrected chi connectivity index (χ3v) is 15.2. The molecule has 0 radical (unpaired) electrons. The van der Waals surface area contributed by atoms with Crippen molar-refractivity contribution in [3.8, 4) is 44.8 Å². The van der Waals surface area contributed by atoms with E-state index in [1.54, 1.807) is 71.4 Å². The Bertz CT molecular complexity index is 3530. The van der Waals surface area contributed by atoms with Crippen LogP contribution in [-0.2, 0) is 34.1 Å². The molecule has 0 atom stereocenters. The summed E-state index contributed by atoms with van der Waals surface area (Å²) < 4.78 is 71.7. The van der Waals surface area contributed by atoms with Gasteiger partial charge < -0.3 is 4.98 Å². The molecule has 16 nitrogen and oxygen atoms in total. The second-order valence-electron chi connectivity index (χ2n) is 13.9. The molecule has 0 aliphatic carbocycles. The molecule has 10 aromatic rings. The van der Waals surface area contributed by atoms with Crippen LogP contribution in [0, 0.1) is 0 Å². The molecule has 0 spiro atoms. The standard InChI is InChI=1S/C40H28Cl2N12O4S4/c1-51-14-12-35(49-51)31-15-23(41)3-7-27(31)34-20-53(38-18-26(6-10-30(34)38)62(57,58)54(39-44-21-47-59-39)40-45-22-48-60-40)50-61(55,56)25-5-9-29-33(19-43-36(29)17-25)28-8-4-24(42)16-32(28)37-11-13-46-52(37)2/h3-22,43,50H,1-2H3. The smallest absolute Gasteiger partial charge is 0.275 e. The molecule has 4 aromatic carbocycles. The molecule has 0 aliphatic rings. The highest BCUT2D eigenvalue weighted by Crippen LogP contribution is 2.42. The van der Waals surface area contributed by atoms with Crippen LogP contribution >= 0.6 is 46.3 Å². The largest absolute Gasteiger partial charge is 0.361 e. The lowest BCUT2D eigenvalue weighted by Gasteiger charge is -2.18. The summed E-state index contributed by atoms with van der Waals surface area (Å²) in [5.74, 6) is 0. The lowest BCUT2D eigenvalue weighted by Crippen LogP contribution is -2.26. The van der Waals surface area contributed by atoms with E-state index >= 15 is 0 Å². The maximum atomic E-state index is 14.5. The number of hydrogen-bond donors (Lipinski definition) is 2. The van der Waals surface area contributed by atoms with Gasteiger partial charge in [0.2, 0.25) is 10.3 Å². The third-order valence-electron chi connectivity index (χ3n) is 10.2.